The first kappa shape index (κ1) is 44.6. The van der Waals surface area contributed by atoms with Crippen molar-refractivity contribution >= 4 is 40.4 Å². The van der Waals surface area contributed by atoms with Gasteiger partial charge in [-0.25, -0.2) is 14.8 Å². The summed E-state index contributed by atoms with van der Waals surface area (Å²) in [6.45, 7) is 12.9. The number of amides is 2. The van der Waals surface area contributed by atoms with Crippen molar-refractivity contribution in [1.29, 1.82) is 5.26 Å². The van der Waals surface area contributed by atoms with Crippen LogP contribution in [0.3, 0.4) is 0 Å². The molecule has 9 rings (SSSR count). The Morgan fingerprint density at radius 2 is 1.55 bits per heavy atom. The third-order valence-electron chi connectivity index (χ3n) is 14.9. The zero-order chi connectivity index (χ0) is 45.2. The molecule has 4 aliphatic rings. The molecule has 6 heterocycles. The second-order valence-electron chi connectivity index (χ2n) is 19.3. The van der Waals surface area contributed by atoms with E-state index < -0.39 is 11.9 Å². The molecule has 1 unspecified atom stereocenters. The molecule has 1 atom stereocenters. The molecule has 4 aliphatic heterocycles. The van der Waals surface area contributed by atoms with Crippen LogP contribution in [0.1, 0.15) is 99.2 Å². The minimum absolute atomic E-state index is 0.220. The number of nitriles is 1. The van der Waals surface area contributed by atoms with Crippen LogP contribution < -0.4 is 20.6 Å². The molecule has 3 aromatic carbocycles. The Bertz CT molecular complexity index is 2630. The highest BCUT2D eigenvalue weighted by Crippen LogP contribution is 2.36. The van der Waals surface area contributed by atoms with Crippen LogP contribution in [0.2, 0.25) is 5.02 Å². The summed E-state index contributed by atoms with van der Waals surface area (Å²) < 4.78 is 9.42. The van der Waals surface area contributed by atoms with Crippen LogP contribution in [0.4, 0.5) is 5.95 Å². The van der Waals surface area contributed by atoms with Gasteiger partial charge < -0.3 is 14.5 Å². The lowest BCUT2D eigenvalue weighted by Crippen LogP contribution is -2.44. The highest BCUT2D eigenvalue weighted by molar-refractivity contribution is 6.30. The van der Waals surface area contributed by atoms with Crippen molar-refractivity contribution in [2.24, 2.45) is 24.8 Å². The average Bonchev–Trinajstić information content (AvgIpc) is 3.58. The highest BCUT2D eigenvalue weighted by Gasteiger charge is 2.34. The minimum atomic E-state index is -0.675. The van der Waals surface area contributed by atoms with E-state index in [9.17, 15) is 19.6 Å². The van der Waals surface area contributed by atoms with Crippen LogP contribution in [0.5, 0.6) is 5.75 Å². The van der Waals surface area contributed by atoms with Gasteiger partial charge in [0.1, 0.15) is 18.4 Å². The number of hydrogen-bond donors (Lipinski definition) is 1. The SMILES string of the molecule is Cn1c(=O)n(C2CCC(=O)NC2=O)c2cccc(CN3CCC(CN4CCC(C5CCN(c6nccc(COc7ccc(C(C)(C)c8cc(Cl)cc(C#N)c8)cc7)n6)CC5)CC4)CC3)c21. The molecule has 0 radical (unpaired) electrons. The van der Waals surface area contributed by atoms with Crippen molar-refractivity contribution in [1.82, 2.24) is 34.2 Å². The van der Waals surface area contributed by atoms with E-state index in [1.165, 1.54) is 58.2 Å². The lowest BCUT2D eigenvalue weighted by molar-refractivity contribution is -0.135. The maximum absolute atomic E-state index is 13.4. The van der Waals surface area contributed by atoms with Gasteiger partial charge in [-0.3, -0.25) is 28.9 Å². The van der Waals surface area contributed by atoms with Gasteiger partial charge in [-0.2, -0.15) is 5.26 Å². The van der Waals surface area contributed by atoms with Crippen LogP contribution >= 0.6 is 11.6 Å². The number of likely N-dealkylation sites (tertiary alicyclic amines) is 2. The van der Waals surface area contributed by atoms with E-state index in [1.54, 1.807) is 22.2 Å². The van der Waals surface area contributed by atoms with Crippen LogP contribution in [-0.2, 0) is 35.2 Å². The fourth-order valence-corrected chi connectivity index (χ4v) is 11.1. The van der Waals surface area contributed by atoms with Crippen LogP contribution in [0.25, 0.3) is 11.0 Å². The summed E-state index contributed by atoms with van der Waals surface area (Å²) in [7, 11) is 1.78. The Balaban J connectivity index is 0.704. The topological polar surface area (TPSA) is 142 Å². The van der Waals surface area contributed by atoms with Gasteiger partial charge in [0.25, 0.3) is 0 Å². The number of nitrogens with one attached hydrogen (secondary N) is 1. The first-order valence-electron chi connectivity index (χ1n) is 23.4. The molecule has 4 fully saturated rings. The van der Waals surface area contributed by atoms with E-state index in [1.807, 2.05) is 48.7 Å². The Morgan fingerprint density at radius 3 is 2.26 bits per heavy atom. The first-order chi connectivity index (χ1) is 31.4. The number of rotatable bonds is 12. The van der Waals surface area contributed by atoms with Crippen molar-refractivity contribution in [3.05, 3.63) is 116 Å². The third kappa shape index (κ3) is 9.72. The molecule has 5 aromatic rings. The van der Waals surface area contributed by atoms with Gasteiger partial charge in [-0.05, 0) is 148 Å². The Hall–Kier alpha value is -5.55. The standard InChI is InChI=1S/C51H60ClN9O4/c1-51(2,40-27-35(30-53)28-41(52)29-40)39-7-9-43(10-8-39)65-33-42-13-20-54-49(55-42)60-25-18-37(19-26-60)36-16-23-58(24-17-36)31-34-14-21-59(22-15-34)32-38-5-4-6-44-47(38)57(3)50(64)61(44)45-11-12-46(62)56-48(45)63/h4-10,13,20,27-29,34,36-37,45H,11-12,14-19,21-26,31-33H2,1-3H3,(H,56,62,63). The Kier molecular flexibility index (Phi) is 13.1. The molecule has 0 bridgehead atoms. The fraction of sp³-hybridized carbons (Fsp3) is 0.490. The number of benzene rings is 3. The zero-order valence-corrected chi connectivity index (χ0v) is 38.6. The van der Waals surface area contributed by atoms with Gasteiger partial charge in [0.05, 0.1) is 28.4 Å². The molecule has 0 spiro atoms. The van der Waals surface area contributed by atoms with E-state index in [0.29, 0.717) is 29.5 Å². The summed E-state index contributed by atoms with van der Waals surface area (Å²) in [5, 5.41) is 12.4. The Morgan fingerprint density at radius 1 is 0.846 bits per heavy atom. The minimum Gasteiger partial charge on any atom is -0.487 e. The summed E-state index contributed by atoms with van der Waals surface area (Å²) in [6, 6.07) is 23.1. The molecular formula is C51H60ClN9O4. The summed E-state index contributed by atoms with van der Waals surface area (Å²) in [5.74, 6) is 3.08. The highest BCUT2D eigenvalue weighted by atomic mass is 35.5. The summed E-state index contributed by atoms with van der Waals surface area (Å²) in [4.78, 5) is 55.0. The number of aromatic nitrogens is 4. The number of halogens is 1. The third-order valence-corrected chi connectivity index (χ3v) is 15.1. The molecule has 0 saturated carbocycles. The number of hydrogen-bond acceptors (Lipinski definition) is 10. The van der Waals surface area contributed by atoms with E-state index >= 15 is 0 Å². The molecule has 1 N–H and O–H groups in total. The molecular weight excluding hydrogens is 838 g/mol. The molecule has 4 saturated heterocycles. The van der Waals surface area contributed by atoms with E-state index in [4.69, 9.17) is 21.3 Å². The quantitative estimate of drug-likeness (QED) is 0.126. The number of para-hydroxylation sites is 1. The maximum atomic E-state index is 13.4. The number of imidazole rings is 1. The van der Waals surface area contributed by atoms with Gasteiger partial charge >= 0.3 is 5.69 Å². The fourth-order valence-electron chi connectivity index (χ4n) is 10.9. The van der Waals surface area contributed by atoms with Gasteiger partial charge in [0, 0.05) is 56.3 Å². The predicted molar refractivity (Wildman–Crippen MR) is 252 cm³/mol. The largest absolute Gasteiger partial charge is 0.487 e. The average molecular weight is 899 g/mol. The normalized spacial score (nSPS) is 20.0. The second kappa shape index (κ2) is 19.1. The number of fused-ring (bicyclic) bond motifs is 1. The molecule has 2 aromatic heterocycles. The second-order valence-corrected chi connectivity index (χ2v) is 19.7. The smallest absolute Gasteiger partial charge is 0.329 e. The molecule has 0 aliphatic carbocycles. The predicted octanol–water partition coefficient (Wildman–Crippen LogP) is 7.38. The number of piperidine rings is 4. The number of carbonyl (C=O) groups excluding carboxylic acids is 2. The molecule has 340 valence electrons. The first-order valence-corrected chi connectivity index (χ1v) is 23.8. The van der Waals surface area contributed by atoms with Gasteiger partial charge in [0.2, 0.25) is 17.8 Å². The number of anilines is 1. The molecule has 14 heteroatoms. The number of ether oxygens (including phenoxy) is 1. The Labute approximate surface area is 386 Å². The van der Waals surface area contributed by atoms with Gasteiger partial charge in [-0.15, -0.1) is 0 Å². The van der Waals surface area contributed by atoms with Crippen molar-refractivity contribution in [2.75, 3.05) is 50.7 Å². The number of nitrogens with zero attached hydrogens (tertiary/aromatic N) is 8. The lowest BCUT2D eigenvalue weighted by atomic mass is 9.78. The monoisotopic (exact) mass is 897 g/mol. The molecule has 13 nitrogen and oxygen atoms in total. The van der Waals surface area contributed by atoms with E-state index in [-0.39, 0.29) is 23.4 Å². The van der Waals surface area contributed by atoms with E-state index in [0.717, 1.165) is 89.7 Å². The lowest BCUT2D eigenvalue weighted by Gasteiger charge is -2.41. The molecule has 2 amide bonds. The maximum Gasteiger partial charge on any atom is 0.329 e. The number of imide groups is 1. The van der Waals surface area contributed by atoms with Gasteiger partial charge in [-0.1, -0.05) is 49.7 Å². The summed E-state index contributed by atoms with van der Waals surface area (Å²) >= 11 is 6.32. The van der Waals surface area contributed by atoms with Crippen molar-refractivity contribution in [2.45, 2.75) is 89.8 Å². The van der Waals surface area contributed by atoms with Gasteiger partial charge in [0.15, 0.2) is 0 Å². The van der Waals surface area contributed by atoms with Crippen LogP contribution in [0, 0.1) is 29.1 Å². The van der Waals surface area contributed by atoms with E-state index in [2.05, 4.69) is 63.1 Å². The summed E-state index contributed by atoms with van der Waals surface area (Å²) in [6.07, 6.45) is 9.64. The number of carbonyl (C=O) groups is 2. The summed E-state index contributed by atoms with van der Waals surface area (Å²) in [5.41, 5.74) is 5.66. The van der Waals surface area contributed by atoms with Crippen molar-refractivity contribution in [3.63, 3.8) is 0 Å². The number of aryl methyl sites for hydroxylation is 1. The van der Waals surface area contributed by atoms with Crippen LogP contribution in [-0.4, -0.2) is 86.5 Å². The van der Waals surface area contributed by atoms with Crippen LogP contribution in [0.15, 0.2) is 77.7 Å². The van der Waals surface area contributed by atoms with Crippen molar-refractivity contribution < 1.29 is 14.3 Å². The van der Waals surface area contributed by atoms with Crippen molar-refractivity contribution in [3.8, 4) is 11.8 Å². The zero-order valence-electron chi connectivity index (χ0n) is 37.8. The molecule has 65 heavy (non-hydrogen) atoms.